The van der Waals surface area contributed by atoms with Crippen molar-refractivity contribution in [2.45, 2.75) is 39.0 Å². The maximum absolute atomic E-state index is 15.8. The average molecular weight is 502 g/mol. The molecule has 186 valence electrons. The summed E-state index contributed by atoms with van der Waals surface area (Å²) in [6.45, 7) is 5.18. The number of piperidine rings is 1. The predicted molar refractivity (Wildman–Crippen MR) is 133 cm³/mol. The Hall–Kier alpha value is -3.20. The summed E-state index contributed by atoms with van der Waals surface area (Å²) in [4.78, 5) is 35.6. The van der Waals surface area contributed by atoms with Gasteiger partial charge in [-0.3, -0.25) is 9.59 Å². The van der Waals surface area contributed by atoms with Gasteiger partial charge in [0.05, 0.1) is 17.8 Å². The second-order valence-corrected chi connectivity index (χ2v) is 9.43. The van der Waals surface area contributed by atoms with Crippen LogP contribution in [0.25, 0.3) is 6.08 Å². The number of Topliss-reactive ketones (excluding diaryl/α,β-unsaturated/α-hetero) is 1. The van der Waals surface area contributed by atoms with Gasteiger partial charge >= 0.3 is 0 Å². The molecule has 10 heteroatoms. The van der Waals surface area contributed by atoms with E-state index in [-0.39, 0.29) is 46.2 Å². The van der Waals surface area contributed by atoms with Crippen LogP contribution >= 0.6 is 11.6 Å². The molecule has 2 aromatic rings. The summed E-state index contributed by atoms with van der Waals surface area (Å²) in [6.07, 6.45) is 6.19. The SMILES string of the molecule is CNC(=O)COC1=Cc2c(ccc(Nc3nc(N4CCCCC4)ncc3Cl)c2F)C(C(C)C)C1=O. The Labute approximate surface area is 208 Å². The van der Waals surface area contributed by atoms with Gasteiger partial charge in [0.15, 0.2) is 24.0 Å². The number of ether oxygens (including phenoxy) is 1. The quantitative estimate of drug-likeness (QED) is 0.579. The molecule has 2 heterocycles. The van der Waals surface area contributed by atoms with Gasteiger partial charge in [0.1, 0.15) is 5.02 Å². The number of aromatic nitrogens is 2. The zero-order valence-electron chi connectivity index (χ0n) is 20.0. The van der Waals surface area contributed by atoms with E-state index >= 15 is 4.39 Å². The number of amides is 1. The fourth-order valence-electron chi connectivity index (χ4n) is 4.43. The second-order valence-electron chi connectivity index (χ2n) is 9.03. The minimum Gasteiger partial charge on any atom is -0.480 e. The number of nitrogens with zero attached hydrogens (tertiary/aromatic N) is 3. The number of fused-ring (bicyclic) bond motifs is 1. The molecule has 1 aliphatic carbocycles. The topological polar surface area (TPSA) is 96.4 Å². The van der Waals surface area contributed by atoms with Crippen molar-refractivity contribution in [2.75, 3.05) is 37.0 Å². The summed E-state index contributed by atoms with van der Waals surface area (Å²) in [6, 6.07) is 3.32. The van der Waals surface area contributed by atoms with Gasteiger partial charge in [-0.1, -0.05) is 31.5 Å². The molecule has 1 amide bonds. The van der Waals surface area contributed by atoms with E-state index in [0.29, 0.717) is 17.3 Å². The van der Waals surface area contributed by atoms with Crippen LogP contribution in [-0.4, -0.2) is 48.4 Å². The van der Waals surface area contributed by atoms with E-state index in [9.17, 15) is 9.59 Å². The maximum atomic E-state index is 15.8. The van der Waals surface area contributed by atoms with Crippen molar-refractivity contribution >= 4 is 46.8 Å². The number of carbonyl (C=O) groups is 2. The van der Waals surface area contributed by atoms with Gasteiger partial charge in [-0.25, -0.2) is 9.37 Å². The minimum atomic E-state index is -0.591. The highest BCUT2D eigenvalue weighted by Crippen LogP contribution is 2.40. The molecule has 1 atom stereocenters. The molecule has 0 bridgehead atoms. The molecule has 1 aromatic carbocycles. The van der Waals surface area contributed by atoms with Crippen LogP contribution in [0.2, 0.25) is 5.02 Å². The molecule has 0 saturated carbocycles. The van der Waals surface area contributed by atoms with E-state index in [1.165, 1.54) is 25.7 Å². The number of ketones is 1. The largest absolute Gasteiger partial charge is 0.480 e. The summed E-state index contributed by atoms with van der Waals surface area (Å²) in [7, 11) is 1.47. The normalized spacial score (nSPS) is 17.7. The molecule has 0 spiro atoms. The highest BCUT2D eigenvalue weighted by Gasteiger charge is 2.35. The molecule has 35 heavy (non-hydrogen) atoms. The first-order valence-electron chi connectivity index (χ1n) is 11.8. The zero-order chi connectivity index (χ0) is 25.1. The third kappa shape index (κ3) is 5.24. The van der Waals surface area contributed by atoms with Crippen LogP contribution in [0.1, 0.15) is 50.2 Å². The maximum Gasteiger partial charge on any atom is 0.257 e. The molecule has 4 rings (SSSR count). The Morgan fingerprint density at radius 3 is 2.71 bits per heavy atom. The number of anilines is 3. The van der Waals surface area contributed by atoms with Crippen molar-refractivity contribution in [3.8, 4) is 0 Å². The smallest absolute Gasteiger partial charge is 0.257 e. The fourth-order valence-corrected chi connectivity index (χ4v) is 4.57. The Bertz CT molecular complexity index is 1160. The number of likely N-dealkylation sites (N-methyl/N-ethyl adjacent to an activating group) is 1. The number of nitrogens with one attached hydrogen (secondary N) is 2. The van der Waals surface area contributed by atoms with Crippen LogP contribution in [-0.2, 0) is 14.3 Å². The Kier molecular flexibility index (Phi) is 7.54. The first kappa shape index (κ1) is 24.9. The lowest BCUT2D eigenvalue weighted by Crippen LogP contribution is -2.31. The van der Waals surface area contributed by atoms with E-state index < -0.39 is 11.7 Å². The van der Waals surface area contributed by atoms with Crippen LogP contribution < -0.4 is 15.5 Å². The summed E-state index contributed by atoms with van der Waals surface area (Å²) in [5.74, 6) is -1.11. The van der Waals surface area contributed by atoms with Crippen molar-refractivity contribution in [3.05, 3.63) is 46.1 Å². The molecule has 2 aliphatic rings. The van der Waals surface area contributed by atoms with Gasteiger partial charge in [-0.15, -0.1) is 0 Å². The predicted octanol–water partition coefficient (Wildman–Crippen LogP) is 4.43. The van der Waals surface area contributed by atoms with E-state index in [0.717, 1.165) is 25.9 Å². The molecule has 1 unspecified atom stereocenters. The van der Waals surface area contributed by atoms with Gasteiger partial charge in [0.2, 0.25) is 11.7 Å². The Morgan fingerprint density at radius 2 is 2.03 bits per heavy atom. The van der Waals surface area contributed by atoms with Crippen LogP contribution in [0.5, 0.6) is 0 Å². The van der Waals surface area contributed by atoms with Crippen molar-refractivity contribution < 1.29 is 18.7 Å². The number of benzene rings is 1. The first-order valence-corrected chi connectivity index (χ1v) is 12.1. The van der Waals surface area contributed by atoms with Gasteiger partial charge in [-0.2, -0.15) is 4.98 Å². The fraction of sp³-hybridized carbons (Fsp3) is 0.440. The standard InChI is InChI=1S/C25H29ClFN5O3/c1-14(2)21-15-7-8-18(22(27)16(15)11-19(23(21)34)35-13-20(33)28-3)30-24-17(26)12-29-25(31-24)32-9-5-4-6-10-32/h7-8,11-12,14,21H,4-6,9-10,13H2,1-3H3,(H,28,33)(H,29,30,31). The number of allylic oxidation sites excluding steroid dienone is 1. The van der Waals surface area contributed by atoms with Gasteiger partial charge in [-0.05, 0) is 42.9 Å². The van der Waals surface area contributed by atoms with Crippen molar-refractivity contribution in [1.29, 1.82) is 0 Å². The molecule has 0 radical (unpaired) electrons. The third-order valence-electron chi connectivity index (χ3n) is 6.28. The number of halogens is 2. The van der Waals surface area contributed by atoms with Crippen LogP contribution in [0, 0.1) is 11.7 Å². The van der Waals surface area contributed by atoms with Gasteiger partial charge in [0.25, 0.3) is 5.91 Å². The minimum absolute atomic E-state index is 0.0386. The number of carbonyl (C=O) groups excluding carboxylic acids is 2. The molecular formula is C25H29ClFN5O3. The Morgan fingerprint density at radius 1 is 1.29 bits per heavy atom. The molecular weight excluding hydrogens is 473 g/mol. The third-order valence-corrected chi connectivity index (χ3v) is 6.55. The summed E-state index contributed by atoms with van der Waals surface area (Å²) in [5, 5.41) is 5.70. The van der Waals surface area contributed by atoms with Gasteiger partial charge < -0.3 is 20.3 Å². The van der Waals surface area contributed by atoms with Gasteiger partial charge in [0, 0.05) is 25.7 Å². The molecule has 1 aromatic heterocycles. The first-order chi connectivity index (χ1) is 16.8. The molecule has 8 nitrogen and oxygen atoms in total. The highest BCUT2D eigenvalue weighted by molar-refractivity contribution is 6.32. The number of hydrogen-bond acceptors (Lipinski definition) is 7. The van der Waals surface area contributed by atoms with E-state index in [2.05, 4.69) is 25.5 Å². The lowest BCUT2D eigenvalue weighted by atomic mass is 9.78. The van der Waals surface area contributed by atoms with E-state index in [1.54, 1.807) is 12.1 Å². The highest BCUT2D eigenvalue weighted by atomic mass is 35.5. The molecule has 1 fully saturated rings. The number of rotatable bonds is 7. The van der Waals surface area contributed by atoms with Crippen molar-refractivity contribution in [1.82, 2.24) is 15.3 Å². The molecule has 1 aliphatic heterocycles. The zero-order valence-corrected chi connectivity index (χ0v) is 20.8. The second kappa shape index (κ2) is 10.6. The number of hydrogen-bond donors (Lipinski definition) is 2. The summed E-state index contributed by atoms with van der Waals surface area (Å²) in [5.41, 5.74) is 0.970. The Balaban J connectivity index is 1.68. The van der Waals surface area contributed by atoms with Crippen molar-refractivity contribution in [2.24, 2.45) is 5.92 Å². The summed E-state index contributed by atoms with van der Waals surface area (Å²) >= 11 is 6.33. The van der Waals surface area contributed by atoms with Crippen LogP contribution in [0.15, 0.2) is 24.1 Å². The van der Waals surface area contributed by atoms with Crippen molar-refractivity contribution in [3.63, 3.8) is 0 Å². The van der Waals surface area contributed by atoms with E-state index in [4.69, 9.17) is 16.3 Å². The van der Waals surface area contributed by atoms with Crippen LogP contribution in [0.4, 0.5) is 21.8 Å². The molecule has 1 saturated heterocycles. The average Bonchev–Trinajstić information content (AvgIpc) is 2.86. The van der Waals surface area contributed by atoms with E-state index in [1.807, 2.05) is 13.8 Å². The monoisotopic (exact) mass is 501 g/mol. The molecule has 2 N–H and O–H groups in total. The summed E-state index contributed by atoms with van der Waals surface area (Å²) < 4.78 is 21.2. The van der Waals surface area contributed by atoms with Crippen LogP contribution in [0.3, 0.4) is 0 Å². The lowest BCUT2D eigenvalue weighted by molar-refractivity contribution is -0.126. The lowest BCUT2D eigenvalue weighted by Gasteiger charge is -2.28.